The SMILES string of the molecule is COCCN1CCC(NC(=O)C2CC3CCCC(C2)C3N)CC1. The summed E-state index contributed by atoms with van der Waals surface area (Å²) in [5.74, 6) is 1.66. The van der Waals surface area contributed by atoms with Crippen molar-refractivity contribution in [3.63, 3.8) is 0 Å². The van der Waals surface area contributed by atoms with Crippen LogP contribution in [0.3, 0.4) is 0 Å². The van der Waals surface area contributed by atoms with Gasteiger partial charge in [-0.05, 0) is 50.4 Å². The number of nitrogens with zero attached hydrogens (tertiary/aromatic N) is 1. The second kappa shape index (κ2) is 7.95. The first-order chi connectivity index (χ1) is 11.2. The molecule has 23 heavy (non-hydrogen) atoms. The normalized spacial score (nSPS) is 35.9. The largest absolute Gasteiger partial charge is 0.383 e. The van der Waals surface area contributed by atoms with Crippen molar-refractivity contribution in [3.05, 3.63) is 0 Å². The minimum absolute atomic E-state index is 0.205. The summed E-state index contributed by atoms with van der Waals surface area (Å²) in [4.78, 5) is 15.1. The number of fused-ring (bicyclic) bond motifs is 2. The van der Waals surface area contributed by atoms with Gasteiger partial charge in [0.05, 0.1) is 6.61 Å². The number of hydrogen-bond donors (Lipinski definition) is 2. The van der Waals surface area contributed by atoms with Gasteiger partial charge in [0.25, 0.3) is 0 Å². The van der Waals surface area contributed by atoms with Crippen LogP contribution >= 0.6 is 0 Å². The quantitative estimate of drug-likeness (QED) is 0.802. The number of likely N-dealkylation sites (tertiary alicyclic amines) is 1. The van der Waals surface area contributed by atoms with Crippen LogP contribution in [0.15, 0.2) is 0 Å². The molecule has 0 radical (unpaired) electrons. The third kappa shape index (κ3) is 4.25. The van der Waals surface area contributed by atoms with Crippen LogP contribution in [0.25, 0.3) is 0 Å². The van der Waals surface area contributed by atoms with Crippen LogP contribution in [0.1, 0.15) is 44.9 Å². The van der Waals surface area contributed by atoms with Crippen LogP contribution in [0.5, 0.6) is 0 Å². The van der Waals surface area contributed by atoms with Gasteiger partial charge < -0.3 is 20.7 Å². The standard InChI is InChI=1S/C18H33N3O2/c1-23-10-9-21-7-5-16(6-8-21)20-18(22)15-11-13-3-2-4-14(12-15)17(13)19/h13-17H,2-12,19H2,1H3,(H,20,22). The monoisotopic (exact) mass is 323 g/mol. The van der Waals surface area contributed by atoms with E-state index in [2.05, 4.69) is 10.2 Å². The van der Waals surface area contributed by atoms with Gasteiger partial charge in [0, 0.05) is 44.7 Å². The molecule has 1 saturated heterocycles. The predicted octanol–water partition coefficient (Wildman–Crippen LogP) is 1.37. The number of ether oxygens (including phenoxy) is 1. The van der Waals surface area contributed by atoms with E-state index in [9.17, 15) is 4.79 Å². The lowest BCUT2D eigenvalue weighted by molar-refractivity contribution is -0.129. The summed E-state index contributed by atoms with van der Waals surface area (Å²) in [6.07, 6.45) is 7.89. The van der Waals surface area contributed by atoms with Gasteiger partial charge in [0.1, 0.15) is 0 Å². The van der Waals surface area contributed by atoms with Crippen molar-refractivity contribution >= 4 is 5.91 Å². The van der Waals surface area contributed by atoms with E-state index in [0.29, 0.717) is 29.8 Å². The van der Waals surface area contributed by atoms with Gasteiger partial charge in [-0.1, -0.05) is 6.42 Å². The number of methoxy groups -OCH3 is 1. The molecule has 2 saturated carbocycles. The average molecular weight is 323 g/mol. The molecule has 1 aliphatic heterocycles. The van der Waals surface area contributed by atoms with E-state index in [4.69, 9.17) is 10.5 Å². The van der Waals surface area contributed by atoms with E-state index < -0.39 is 0 Å². The van der Waals surface area contributed by atoms with E-state index in [1.807, 2.05) is 0 Å². The van der Waals surface area contributed by atoms with Crippen molar-refractivity contribution in [2.45, 2.75) is 57.0 Å². The molecule has 2 atom stereocenters. The maximum Gasteiger partial charge on any atom is 0.223 e. The number of piperidine rings is 1. The Balaban J connectivity index is 1.43. The van der Waals surface area contributed by atoms with Gasteiger partial charge >= 0.3 is 0 Å². The maximum absolute atomic E-state index is 12.7. The van der Waals surface area contributed by atoms with Crippen molar-refractivity contribution in [2.75, 3.05) is 33.4 Å². The Bertz CT molecular complexity index is 382. The molecule has 1 amide bonds. The van der Waals surface area contributed by atoms with E-state index in [1.165, 1.54) is 19.3 Å². The Morgan fingerprint density at radius 3 is 2.43 bits per heavy atom. The molecular formula is C18H33N3O2. The van der Waals surface area contributed by atoms with Crippen LogP contribution in [0, 0.1) is 17.8 Å². The topological polar surface area (TPSA) is 67.6 Å². The first-order valence-electron chi connectivity index (χ1n) is 9.44. The minimum atomic E-state index is 0.205. The third-order valence-corrected chi connectivity index (χ3v) is 6.33. The molecule has 0 aromatic heterocycles. The summed E-state index contributed by atoms with van der Waals surface area (Å²) in [5, 5.41) is 3.33. The lowest BCUT2D eigenvalue weighted by atomic mass is 9.65. The Kier molecular flexibility index (Phi) is 5.94. The van der Waals surface area contributed by atoms with E-state index in [1.54, 1.807) is 7.11 Å². The van der Waals surface area contributed by atoms with Crippen molar-refractivity contribution in [1.82, 2.24) is 10.2 Å². The fourth-order valence-electron chi connectivity index (χ4n) is 4.84. The average Bonchev–Trinajstić information content (AvgIpc) is 2.54. The maximum atomic E-state index is 12.7. The number of amides is 1. The van der Waals surface area contributed by atoms with E-state index in [-0.39, 0.29) is 5.92 Å². The van der Waals surface area contributed by atoms with Gasteiger partial charge in [-0.2, -0.15) is 0 Å². The number of hydrogen-bond acceptors (Lipinski definition) is 4. The fraction of sp³-hybridized carbons (Fsp3) is 0.944. The smallest absolute Gasteiger partial charge is 0.223 e. The van der Waals surface area contributed by atoms with Crippen LogP contribution < -0.4 is 11.1 Å². The molecule has 5 heteroatoms. The molecule has 0 aromatic rings. The van der Waals surface area contributed by atoms with Crippen LogP contribution in [-0.4, -0.2) is 56.2 Å². The van der Waals surface area contributed by atoms with Gasteiger partial charge in [-0.15, -0.1) is 0 Å². The molecule has 2 bridgehead atoms. The summed E-state index contributed by atoms with van der Waals surface area (Å²) in [7, 11) is 1.75. The fourth-order valence-corrected chi connectivity index (χ4v) is 4.84. The Labute approximate surface area is 140 Å². The number of nitrogens with one attached hydrogen (secondary N) is 1. The predicted molar refractivity (Wildman–Crippen MR) is 91.0 cm³/mol. The molecule has 0 aromatic carbocycles. The zero-order valence-electron chi connectivity index (χ0n) is 14.5. The highest BCUT2D eigenvalue weighted by molar-refractivity contribution is 5.79. The van der Waals surface area contributed by atoms with Crippen molar-refractivity contribution in [2.24, 2.45) is 23.5 Å². The van der Waals surface area contributed by atoms with Gasteiger partial charge in [0.2, 0.25) is 5.91 Å². The molecule has 132 valence electrons. The molecule has 0 spiro atoms. The summed E-state index contributed by atoms with van der Waals surface area (Å²) in [6.45, 7) is 3.92. The zero-order valence-corrected chi connectivity index (χ0v) is 14.5. The highest BCUT2D eigenvalue weighted by Gasteiger charge is 2.40. The number of carbonyl (C=O) groups is 1. The first kappa shape index (κ1) is 17.2. The molecular weight excluding hydrogens is 290 g/mol. The Morgan fingerprint density at radius 1 is 1.17 bits per heavy atom. The van der Waals surface area contributed by atoms with Crippen LogP contribution in [0.2, 0.25) is 0 Å². The highest BCUT2D eigenvalue weighted by Crippen LogP contribution is 2.41. The summed E-state index contributed by atoms with van der Waals surface area (Å²) >= 11 is 0. The van der Waals surface area contributed by atoms with E-state index >= 15 is 0 Å². The second-order valence-electron chi connectivity index (χ2n) is 7.81. The van der Waals surface area contributed by atoms with Gasteiger partial charge in [-0.3, -0.25) is 4.79 Å². The molecule has 1 heterocycles. The molecule has 2 unspecified atom stereocenters. The molecule has 2 aliphatic carbocycles. The second-order valence-corrected chi connectivity index (χ2v) is 7.81. The molecule has 3 rings (SSSR count). The van der Waals surface area contributed by atoms with E-state index in [0.717, 1.165) is 51.9 Å². The number of rotatable bonds is 5. The molecule has 3 fully saturated rings. The van der Waals surface area contributed by atoms with Crippen molar-refractivity contribution in [3.8, 4) is 0 Å². The number of carbonyl (C=O) groups excluding carboxylic acids is 1. The van der Waals surface area contributed by atoms with Gasteiger partial charge in [0.15, 0.2) is 0 Å². The first-order valence-corrected chi connectivity index (χ1v) is 9.44. The lowest BCUT2D eigenvalue weighted by Crippen LogP contribution is -2.51. The third-order valence-electron chi connectivity index (χ3n) is 6.33. The Morgan fingerprint density at radius 2 is 1.83 bits per heavy atom. The Hall–Kier alpha value is -0.650. The van der Waals surface area contributed by atoms with Crippen molar-refractivity contribution in [1.29, 1.82) is 0 Å². The summed E-state index contributed by atoms with van der Waals surface area (Å²) in [5.41, 5.74) is 6.34. The van der Waals surface area contributed by atoms with Gasteiger partial charge in [-0.25, -0.2) is 0 Å². The summed E-state index contributed by atoms with van der Waals surface area (Å²) in [6, 6.07) is 0.702. The summed E-state index contributed by atoms with van der Waals surface area (Å²) < 4.78 is 5.14. The van der Waals surface area contributed by atoms with Crippen molar-refractivity contribution < 1.29 is 9.53 Å². The lowest BCUT2D eigenvalue weighted by Gasteiger charge is -2.44. The molecule has 5 nitrogen and oxygen atoms in total. The number of nitrogens with two attached hydrogens (primary N) is 1. The molecule has 3 N–H and O–H groups in total. The van der Waals surface area contributed by atoms with Crippen LogP contribution in [0.4, 0.5) is 0 Å². The highest BCUT2D eigenvalue weighted by atomic mass is 16.5. The zero-order chi connectivity index (χ0) is 16.2. The van der Waals surface area contributed by atoms with Crippen LogP contribution in [-0.2, 0) is 9.53 Å². The minimum Gasteiger partial charge on any atom is -0.383 e. The molecule has 3 aliphatic rings.